The molecule has 3 aliphatic heterocycles. The quantitative estimate of drug-likeness (QED) is 0.238. The first-order chi connectivity index (χ1) is 21.5. The third-order valence-electron chi connectivity index (χ3n) is 8.30. The van der Waals surface area contributed by atoms with Crippen molar-refractivity contribution in [3.63, 3.8) is 0 Å². The Morgan fingerprint density at radius 3 is 2.20 bits per heavy atom. The number of ether oxygens (including phenoxy) is 3. The van der Waals surface area contributed by atoms with Crippen molar-refractivity contribution in [2.45, 2.75) is 62.0 Å². The number of pyridine rings is 1. The second-order valence-corrected chi connectivity index (χ2v) is 15.4. The average molecular weight is 657 g/mol. The van der Waals surface area contributed by atoms with Crippen LogP contribution in [0.1, 0.15) is 25.3 Å². The van der Waals surface area contributed by atoms with Gasteiger partial charge < -0.3 is 43.9 Å². The van der Waals surface area contributed by atoms with Crippen LogP contribution < -0.4 is 11.5 Å². The number of nitrogen functional groups attached to an aromatic ring is 2. The number of alkyl halides is 1. The van der Waals surface area contributed by atoms with Crippen LogP contribution in [0.2, 0.25) is 0 Å². The van der Waals surface area contributed by atoms with Gasteiger partial charge in [-0.3, -0.25) is 9.13 Å². The van der Waals surface area contributed by atoms with E-state index in [1.807, 2.05) is 0 Å². The molecule has 4 aromatic rings. The van der Waals surface area contributed by atoms with E-state index in [0.29, 0.717) is 16.9 Å². The van der Waals surface area contributed by atoms with Gasteiger partial charge in [0.15, 0.2) is 35.7 Å². The number of halogens is 1. The topological polar surface area (TPSA) is 207 Å². The van der Waals surface area contributed by atoms with Gasteiger partial charge in [0, 0.05) is 25.6 Å². The second kappa shape index (κ2) is 11.4. The number of rotatable bonds is 3. The number of aromatic nitrogens is 7. The normalized spacial score (nSPS) is 37.6. The Kier molecular flexibility index (Phi) is 7.79. The summed E-state index contributed by atoms with van der Waals surface area (Å²) in [5.41, 5.74) is 13.7. The van der Waals surface area contributed by atoms with Crippen molar-refractivity contribution in [1.29, 1.82) is 0 Å². The Morgan fingerprint density at radius 1 is 0.889 bits per heavy atom. The number of nitrogens with two attached hydrogens (primary N) is 2. The molecular weight excluding hydrogens is 629 g/mol. The molecular formula is C24H28B2FN9O7P2. The summed E-state index contributed by atoms with van der Waals surface area (Å²) in [5, 5.41) is 0. The van der Waals surface area contributed by atoms with Gasteiger partial charge >= 0.3 is 0 Å². The lowest BCUT2D eigenvalue weighted by atomic mass is 10.1. The fraction of sp³-hybridized carbons (Fsp3) is 0.542. The van der Waals surface area contributed by atoms with Crippen LogP contribution in [0.15, 0.2) is 31.2 Å². The summed E-state index contributed by atoms with van der Waals surface area (Å²) < 4.78 is 76.4. The molecule has 4 N–H and O–H groups in total. The van der Waals surface area contributed by atoms with E-state index in [2.05, 4.69) is 24.9 Å². The van der Waals surface area contributed by atoms with Crippen molar-refractivity contribution in [3.8, 4) is 0 Å². The van der Waals surface area contributed by atoms with E-state index in [-0.39, 0.29) is 42.1 Å². The van der Waals surface area contributed by atoms with E-state index in [1.54, 1.807) is 10.6 Å². The van der Waals surface area contributed by atoms with Crippen LogP contribution in [0.5, 0.6) is 0 Å². The van der Waals surface area contributed by atoms with Crippen LogP contribution in [0.25, 0.3) is 22.3 Å². The van der Waals surface area contributed by atoms with E-state index in [0.717, 1.165) is 0 Å². The van der Waals surface area contributed by atoms with Crippen molar-refractivity contribution in [2.24, 2.45) is 0 Å². The molecule has 0 spiro atoms. The van der Waals surface area contributed by atoms with Gasteiger partial charge in [0.25, 0.3) is 0 Å². The van der Waals surface area contributed by atoms with Crippen molar-refractivity contribution in [2.75, 3.05) is 30.9 Å². The van der Waals surface area contributed by atoms with Crippen LogP contribution in [0.3, 0.4) is 0 Å². The first-order valence-corrected chi connectivity index (χ1v) is 17.8. The fourth-order valence-corrected chi connectivity index (χ4v) is 8.92. The molecule has 234 valence electrons. The molecule has 21 heteroatoms. The summed E-state index contributed by atoms with van der Waals surface area (Å²) in [6, 6.07) is 1.62. The Hall–Kier alpha value is -2.91. The number of anilines is 2. The van der Waals surface area contributed by atoms with Gasteiger partial charge in [-0.2, -0.15) is 0 Å². The maximum atomic E-state index is 16.1. The van der Waals surface area contributed by atoms with Crippen LogP contribution in [-0.2, 0) is 32.4 Å². The van der Waals surface area contributed by atoms with Crippen molar-refractivity contribution in [3.05, 3.63) is 31.2 Å². The molecule has 3 fully saturated rings. The molecule has 7 rings (SSSR count). The zero-order valence-electron chi connectivity index (χ0n) is 23.9. The van der Waals surface area contributed by atoms with Gasteiger partial charge in [-0.15, -0.1) is 0 Å². The second-order valence-electron chi connectivity index (χ2n) is 11.2. The lowest BCUT2D eigenvalue weighted by Crippen LogP contribution is -2.37. The molecule has 0 saturated carbocycles. The zero-order chi connectivity index (χ0) is 31.7. The number of hydrogen-bond acceptors (Lipinski definition) is 14. The summed E-state index contributed by atoms with van der Waals surface area (Å²) >= 11 is 0. The number of imidazole rings is 2. The molecule has 45 heavy (non-hydrogen) atoms. The SMILES string of the molecule is [B]P1(=O)CC[C@H]2O[C@@H](n3cnc4c(N)ncnc43)C(F)[C@H]2OP([B])(=O)CC[C@H]2O[C@@H](n3cnc4c(N)ccnc43)[C@@H](OC)C2O1. The zero-order valence-corrected chi connectivity index (χ0v) is 25.7. The van der Waals surface area contributed by atoms with E-state index < -0.39 is 63.6 Å². The van der Waals surface area contributed by atoms with Crippen molar-refractivity contribution < 1.29 is 36.8 Å². The first-order valence-electron chi connectivity index (χ1n) is 14.1. The highest BCUT2D eigenvalue weighted by Crippen LogP contribution is 2.54. The van der Waals surface area contributed by atoms with Crippen molar-refractivity contribution >= 4 is 63.5 Å². The Bertz CT molecular complexity index is 1850. The van der Waals surface area contributed by atoms with Gasteiger partial charge in [-0.1, -0.05) is 0 Å². The molecule has 16 nitrogen and oxygen atoms in total. The molecule has 0 aromatic carbocycles. The van der Waals surface area contributed by atoms with Crippen LogP contribution in [0.4, 0.5) is 15.9 Å². The minimum absolute atomic E-state index is 0.0119. The molecule has 4 aromatic heterocycles. The highest BCUT2D eigenvalue weighted by molar-refractivity contribution is 7.83. The first kappa shape index (κ1) is 30.7. The van der Waals surface area contributed by atoms with Crippen LogP contribution >= 0.6 is 14.5 Å². The summed E-state index contributed by atoms with van der Waals surface area (Å²) in [5.74, 6) is 0.105. The number of nitrogens with zero attached hydrogens (tertiary/aromatic N) is 7. The summed E-state index contributed by atoms with van der Waals surface area (Å²) in [6.45, 7) is 0. The molecule has 10 atom stereocenters. The lowest BCUT2D eigenvalue weighted by molar-refractivity contribution is -0.0491. The largest absolute Gasteiger partial charge is 0.397 e. The summed E-state index contributed by atoms with van der Waals surface area (Å²) in [4.78, 5) is 20.9. The van der Waals surface area contributed by atoms with Gasteiger partial charge in [-0.05, 0) is 18.9 Å². The standard InChI is InChI=1S/C24H28B2FN9O7P2/c1-39-19-18-13(41-24(19)36-9-33-15-11(28)2-5-30-21(15)36)4-7-44(25,37)42-17-12(3-6-45(26,38)43-18)40-23(14(17)27)35-10-34-16-20(29)31-8-32-22(16)35/h2,5,8-10,12-14,17-19,23-24H,3-4,6-7H2,1H3,(H2,28,30)(H2,29,31,32)/t12-,13-,14?,17+,18?,19+,23-,24-,44?,45?/m1/s1. The number of hydrogen-bond donors (Lipinski definition) is 2. The third kappa shape index (κ3) is 5.47. The minimum atomic E-state index is -3.96. The molecule has 4 unspecified atom stereocenters. The average Bonchev–Trinajstić information content (AvgIpc) is 3.75. The van der Waals surface area contributed by atoms with E-state index in [1.165, 1.54) is 36.9 Å². The predicted octanol–water partition coefficient (Wildman–Crippen LogP) is 1.87. The van der Waals surface area contributed by atoms with Crippen molar-refractivity contribution in [1.82, 2.24) is 34.1 Å². The summed E-state index contributed by atoms with van der Waals surface area (Å²) in [7, 11) is 6.05. The molecule has 7 heterocycles. The van der Waals surface area contributed by atoms with Crippen LogP contribution in [-0.4, -0.2) is 105 Å². The molecule has 0 bridgehead atoms. The molecule has 3 saturated heterocycles. The molecule has 4 radical (unpaired) electrons. The molecule has 0 amide bonds. The van der Waals surface area contributed by atoms with Gasteiger partial charge in [-0.25, -0.2) is 29.3 Å². The Labute approximate surface area is 258 Å². The third-order valence-corrected chi connectivity index (χ3v) is 11.3. The number of methoxy groups -OCH3 is 1. The van der Waals surface area contributed by atoms with E-state index in [9.17, 15) is 9.13 Å². The smallest absolute Gasteiger partial charge is 0.202 e. The number of fused-ring (bicyclic) bond motifs is 4. The Balaban J connectivity index is 1.18. The predicted molar refractivity (Wildman–Crippen MR) is 161 cm³/mol. The molecule has 3 aliphatic rings. The van der Waals surface area contributed by atoms with E-state index in [4.69, 9.17) is 49.9 Å². The fourth-order valence-electron chi connectivity index (χ4n) is 6.15. The monoisotopic (exact) mass is 657 g/mol. The highest BCUT2D eigenvalue weighted by Gasteiger charge is 2.52. The molecule has 0 aliphatic carbocycles. The summed E-state index contributed by atoms with van der Waals surface area (Å²) in [6.07, 6.45) is -4.09. The minimum Gasteiger partial charge on any atom is -0.397 e. The Morgan fingerprint density at radius 2 is 1.49 bits per heavy atom. The van der Waals surface area contributed by atoms with Gasteiger partial charge in [0.2, 0.25) is 15.1 Å². The van der Waals surface area contributed by atoms with Gasteiger partial charge in [0.1, 0.15) is 50.2 Å². The van der Waals surface area contributed by atoms with E-state index >= 15 is 4.39 Å². The maximum Gasteiger partial charge on any atom is 0.202 e. The van der Waals surface area contributed by atoms with Crippen LogP contribution in [0, 0.1) is 0 Å². The lowest BCUT2D eigenvalue weighted by Gasteiger charge is -2.30. The maximum absolute atomic E-state index is 16.1. The van der Waals surface area contributed by atoms with Gasteiger partial charge in [0.05, 0.1) is 30.5 Å². The highest BCUT2D eigenvalue weighted by atomic mass is 31.2.